The highest BCUT2D eigenvalue weighted by Gasteiger charge is 2.15. The van der Waals surface area contributed by atoms with Gasteiger partial charge in [-0.25, -0.2) is 4.98 Å². The van der Waals surface area contributed by atoms with Gasteiger partial charge in [0.25, 0.3) is 5.91 Å². The molecule has 1 N–H and O–H groups in total. The van der Waals surface area contributed by atoms with Crippen LogP contribution < -0.4 is 5.32 Å². The van der Waals surface area contributed by atoms with Crippen molar-refractivity contribution in [2.24, 2.45) is 0 Å². The van der Waals surface area contributed by atoms with E-state index in [-0.39, 0.29) is 5.91 Å². The molecule has 86 valence electrons. The summed E-state index contributed by atoms with van der Waals surface area (Å²) in [5.74, 6) is -0.202. The molecule has 0 atom stereocenters. The molecular weight excluding hydrogens is 254 g/mol. The predicted molar refractivity (Wildman–Crippen MR) is 68.6 cm³/mol. The number of carbonyl (C=O) groups is 1. The minimum atomic E-state index is -0.202. The zero-order chi connectivity index (χ0) is 12.4. The van der Waals surface area contributed by atoms with Gasteiger partial charge in [-0.2, -0.15) is 5.26 Å². The van der Waals surface area contributed by atoms with Gasteiger partial charge in [-0.1, -0.05) is 0 Å². The van der Waals surface area contributed by atoms with E-state index in [1.165, 1.54) is 22.7 Å². The summed E-state index contributed by atoms with van der Waals surface area (Å²) >= 11 is 2.70. The first-order valence-electron chi connectivity index (χ1n) is 4.85. The van der Waals surface area contributed by atoms with E-state index in [1.54, 1.807) is 18.4 Å². The van der Waals surface area contributed by atoms with E-state index < -0.39 is 0 Å². The number of rotatable bonds is 2. The molecule has 2 aromatic heterocycles. The van der Waals surface area contributed by atoms with Gasteiger partial charge < -0.3 is 5.32 Å². The number of nitrogens with zero attached hydrogens (tertiary/aromatic N) is 2. The Morgan fingerprint density at radius 3 is 2.88 bits per heavy atom. The van der Waals surface area contributed by atoms with Crippen molar-refractivity contribution >= 4 is 33.6 Å². The standard InChI is InChI=1S/C11H9N3OS2/c1-6-9(17-7(2)13-6)10(15)14-11-8(5-12)3-4-16-11/h3-4H,1-2H3,(H,14,15). The van der Waals surface area contributed by atoms with Gasteiger partial charge in [-0.05, 0) is 25.3 Å². The van der Waals surface area contributed by atoms with Crippen molar-refractivity contribution in [1.29, 1.82) is 5.26 Å². The molecule has 0 unspecified atom stereocenters. The second kappa shape index (κ2) is 4.65. The third kappa shape index (κ3) is 2.35. The number of carbonyl (C=O) groups excluding carboxylic acids is 1. The van der Waals surface area contributed by atoms with E-state index in [1.807, 2.05) is 13.0 Å². The van der Waals surface area contributed by atoms with Gasteiger partial charge in [0.15, 0.2) is 0 Å². The van der Waals surface area contributed by atoms with Crippen molar-refractivity contribution in [2.75, 3.05) is 5.32 Å². The zero-order valence-corrected chi connectivity index (χ0v) is 10.9. The average molecular weight is 263 g/mol. The van der Waals surface area contributed by atoms with E-state index in [4.69, 9.17) is 5.26 Å². The second-order valence-electron chi connectivity index (χ2n) is 3.38. The third-order valence-corrected chi connectivity index (χ3v) is 4.02. The number of hydrogen-bond donors (Lipinski definition) is 1. The van der Waals surface area contributed by atoms with Gasteiger partial charge in [0.05, 0.1) is 16.3 Å². The molecule has 2 aromatic rings. The molecule has 0 bridgehead atoms. The Labute approximate surface area is 107 Å². The van der Waals surface area contributed by atoms with Gasteiger partial charge in [0, 0.05) is 0 Å². The van der Waals surface area contributed by atoms with Crippen LogP contribution in [0.25, 0.3) is 0 Å². The summed E-state index contributed by atoms with van der Waals surface area (Å²) in [4.78, 5) is 16.8. The van der Waals surface area contributed by atoms with Crippen LogP contribution >= 0.6 is 22.7 Å². The molecular formula is C11H9N3OS2. The van der Waals surface area contributed by atoms with Crippen LogP contribution in [0.15, 0.2) is 11.4 Å². The Morgan fingerprint density at radius 1 is 1.53 bits per heavy atom. The number of aromatic nitrogens is 1. The van der Waals surface area contributed by atoms with Gasteiger partial charge in [-0.15, -0.1) is 22.7 Å². The molecule has 0 aliphatic carbocycles. The van der Waals surface area contributed by atoms with Crippen molar-refractivity contribution in [3.63, 3.8) is 0 Å². The number of nitriles is 1. The Hall–Kier alpha value is -1.71. The largest absolute Gasteiger partial charge is 0.312 e. The van der Waals surface area contributed by atoms with Crippen molar-refractivity contribution in [2.45, 2.75) is 13.8 Å². The molecule has 0 radical (unpaired) electrons. The van der Waals surface area contributed by atoms with Crippen LogP contribution in [0.2, 0.25) is 0 Å². The van der Waals surface area contributed by atoms with E-state index in [0.717, 1.165) is 10.7 Å². The smallest absolute Gasteiger partial charge is 0.268 e. The Kier molecular flexibility index (Phi) is 3.22. The van der Waals surface area contributed by atoms with Gasteiger partial charge in [0.2, 0.25) is 0 Å². The maximum Gasteiger partial charge on any atom is 0.268 e. The van der Waals surface area contributed by atoms with Crippen LogP contribution in [0.4, 0.5) is 5.00 Å². The minimum Gasteiger partial charge on any atom is -0.312 e. The highest BCUT2D eigenvalue weighted by atomic mass is 32.1. The highest BCUT2D eigenvalue weighted by Crippen LogP contribution is 2.24. The van der Waals surface area contributed by atoms with E-state index in [9.17, 15) is 4.79 Å². The lowest BCUT2D eigenvalue weighted by molar-refractivity contribution is 0.103. The Bertz CT molecular complexity index is 607. The molecule has 17 heavy (non-hydrogen) atoms. The van der Waals surface area contributed by atoms with Crippen LogP contribution in [-0.4, -0.2) is 10.9 Å². The Balaban J connectivity index is 2.24. The van der Waals surface area contributed by atoms with Crippen LogP contribution in [0.5, 0.6) is 0 Å². The molecule has 6 heteroatoms. The minimum absolute atomic E-state index is 0.202. The lowest BCUT2D eigenvalue weighted by Crippen LogP contribution is -2.11. The van der Waals surface area contributed by atoms with Crippen molar-refractivity contribution in [3.05, 3.63) is 32.6 Å². The zero-order valence-electron chi connectivity index (χ0n) is 9.27. The molecule has 0 spiro atoms. The first kappa shape index (κ1) is 11.8. The molecule has 4 nitrogen and oxygen atoms in total. The lowest BCUT2D eigenvalue weighted by Gasteiger charge is -2.01. The van der Waals surface area contributed by atoms with Crippen LogP contribution in [0.1, 0.15) is 25.9 Å². The monoisotopic (exact) mass is 263 g/mol. The van der Waals surface area contributed by atoms with Gasteiger partial charge >= 0.3 is 0 Å². The first-order chi connectivity index (χ1) is 8.11. The molecule has 2 heterocycles. The summed E-state index contributed by atoms with van der Waals surface area (Å²) in [6.07, 6.45) is 0. The van der Waals surface area contributed by atoms with E-state index in [2.05, 4.69) is 10.3 Å². The number of hydrogen-bond acceptors (Lipinski definition) is 5. The molecule has 0 fully saturated rings. The van der Waals surface area contributed by atoms with Crippen LogP contribution in [0.3, 0.4) is 0 Å². The summed E-state index contributed by atoms with van der Waals surface area (Å²) in [5.41, 5.74) is 1.21. The molecule has 0 saturated carbocycles. The topological polar surface area (TPSA) is 65.8 Å². The fraction of sp³-hybridized carbons (Fsp3) is 0.182. The average Bonchev–Trinajstić information content (AvgIpc) is 2.84. The summed E-state index contributed by atoms with van der Waals surface area (Å²) in [5, 5.41) is 14.8. The summed E-state index contributed by atoms with van der Waals surface area (Å²) < 4.78 is 0. The summed E-state index contributed by atoms with van der Waals surface area (Å²) in [7, 11) is 0. The third-order valence-electron chi connectivity index (χ3n) is 2.12. The first-order valence-corrected chi connectivity index (χ1v) is 6.54. The van der Waals surface area contributed by atoms with Gasteiger partial charge in [-0.3, -0.25) is 4.79 Å². The SMILES string of the molecule is Cc1nc(C)c(C(=O)Nc2sccc2C#N)s1. The van der Waals surface area contributed by atoms with E-state index >= 15 is 0 Å². The maximum atomic E-state index is 12.0. The highest BCUT2D eigenvalue weighted by molar-refractivity contribution is 7.15. The van der Waals surface area contributed by atoms with Crippen molar-refractivity contribution < 1.29 is 4.79 Å². The number of thiazole rings is 1. The quantitative estimate of drug-likeness (QED) is 0.905. The molecule has 1 amide bonds. The fourth-order valence-corrected chi connectivity index (χ4v) is 2.94. The molecule has 0 aliphatic rings. The molecule has 0 aliphatic heterocycles. The van der Waals surface area contributed by atoms with Gasteiger partial charge in [0.1, 0.15) is 15.9 Å². The van der Waals surface area contributed by atoms with Crippen molar-refractivity contribution in [1.82, 2.24) is 4.98 Å². The fourth-order valence-electron chi connectivity index (χ4n) is 1.40. The van der Waals surface area contributed by atoms with Crippen molar-refractivity contribution in [3.8, 4) is 6.07 Å². The van der Waals surface area contributed by atoms with Crippen LogP contribution in [0, 0.1) is 25.2 Å². The number of anilines is 1. The predicted octanol–water partition coefficient (Wildman–Crippen LogP) is 2.95. The van der Waals surface area contributed by atoms with E-state index in [0.29, 0.717) is 15.4 Å². The number of thiophene rings is 1. The second-order valence-corrected chi connectivity index (χ2v) is 5.50. The van der Waals surface area contributed by atoms with Crippen LogP contribution in [-0.2, 0) is 0 Å². The lowest BCUT2D eigenvalue weighted by atomic mass is 10.3. The Morgan fingerprint density at radius 2 is 2.29 bits per heavy atom. The number of nitrogens with one attached hydrogen (secondary N) is 1. The molecule has 2 rings (SSSR count). The molecule has 0 aromatic carbocycles. The number of amides is 1. The number of aryl methyl sites for hydroxylation is 2. The molecule has 0 saturated heterocycles. The normalized spacial score (nSPS) is 9.94. The summed E-state index contributed by atoms with van der Waals surface area (Å²) in [6.45, 7) is 3.67. The summed E-state index contributed by atoms with van der Waals surface area (Å²) in [6, 6.07) is 3.72. The maximum absolute atomic E-state index is 12.0.